The van der Waals surface area contributed by atoms with Gasteiger partial charge in [0.05, 0.1) is 6.20 Å². The highest BCUT2D eigenvalue weighted by Crippen LogP contribution is 2.06. The van der Waals surface area contributed by atoms with Crippen LogP contribution < -0.4 is 5.32 Å². The fourth-order valence-corrected chi connectivity index (χ4v) is 1.31. The van der Waals surface area contributed by atoms with Crippen molar-refractivity contribution in [3.63, 3.8) is 0 Å². The molecule has 0 bridgehead atoms. The second kappa shape index (κ2) is 2.66. The van der Waals surface area contributed by atoms with Crippen molar-refractivity contribution in [3.8, 4) is 0 Å². The highest BCUT2D eigenvalue weighted by molar-refractivity contribution is 4.99. The zero-order chi connectivity index (χ0) is 7.68. The topological polar surface area (TPSA) is 29.9 Å². The Hall–Kier alpha value is -0.830. The average Bonchev–Trinajstić information content (AvgIpc) is 2.27. The van der Waals surface area contributed by atoms with E-state index in [1.165, 1.54) is 5.56 Å². The van der Waals surface area contributed by atoms with E-state index < -0.39 is 0 Å². The highest BCUT2D eigenvalue weighted by atomic mass is 15.3. The monoisotopic (exact) mass is 151 g/mol. The molecule has 1 N–H and O–H groups in total. The van der Waals surface area contributed by atoms with Gasteiger partial charge in [0.1, 0.15) is 0 Å². The van der Waals surface area contributed by atoms with Crippen molar-refractivity contribution in [1.29, 1.82) is 0 Å². The Labute approximate surface area is 66.4 Å². The van der Waals surface area contributed by atoms with E-state index >= 15 is 0 Å². The molecule has 1 saturated heterocycles. The highest BCUT2D eigenvalue weighted by Gasteiger charge is 2.16. The maximum absolute atomic E-state index is 4.23. The minimum absolute atomic E-state index is 0.800. The molecule has 1 aliphatic rings. The van der Waals surface area contributed by atoms with Gasteiger partial charge in [-0.15, -0.1) is 0 Å². The van der Waals surface area contributed by atoms with Crippen LogP contribution in [0.15, 0.2) is 12.4 Å². The van der Waals surface area contributed by atoms with Crippen molar-refractivity contribution < 1.29 is 0 Å². The molecule has 11 heavy (non-hydrogen) atoms. The van der Waals surface area contributed by atoms with Gasteiger partial charge in [-0.2, -0.15) is 5.10 Å². The van der Waals surface area contributed by atoms with Crippen LogP contribution in [0.25, 0.3) is 0 Å². The number of aryl methyl sites for hydroxylation is 1. The third-order valence-corrected chi connectivity index (χ3v) is 2.07. The molecule has 1 aromatic rings. The molecule has 3 heteroatoms. The largest absolute Gasteiger partial charge is 0.316 e. The van der Waals surface area contributed by atoms with Gasteiger partial charge >= 0.3 is 0 Å². The van der Waals surface area contributed by atoms with Crippen LogP contribution in [0.4, 0.5) is 0 Å². The van der Waals surface area contributed by atoms with Crippen LogP contribution in [0.3, 0.4) is 0 Å². The first-order chi connectivity index (χ1) is 5.34. The fourth-order valence-electron chi connectivity index (χ4n) is 1.31. The zero-order valence-electron chi connectivity index (χ0n) is 6.75. The summed E-state index contributed by atoms with van der Waals surface area (Å²) < 4.78 is 2.03. The minimum atomic E-state index is 0.800. The molecule has 1 aliphatic heterocycles. The third kappa shape index (κ3) is 1.43. The lowest BCUT2D eigenvalue weighted by molar-refractivity contribution is 0.295. The van der Waals surface area contributed by atoms with E-state index in [2.05, 4.69) is 23.5 Å². The summed E-state index contributed by atoms with van der Waals surface area (Å²) in [6, 6.07) is 0. The van der Waals surface area contributed by atoms with E-state index in [4.69, 9.17) is 0 Å². The van der Waals surface area contributed by atoms with Gasteiger partial charge in [0.2, 0.25) is 0 Å². The van der Waals surface area contributed by atoms with Gasteiger partial charge in [-0.05, 0) is 12.5 Å². The molecular formula is C8H13N3. The first kappa shape index (κ1) is 6.85. The molecule has 3 nitrogen and oxygen atoms in total. The Kier molecular flexibility index (Phi) is 1.66. The van der Waals surface area contributed by atoms with E-state index in [1.54, 1.807) is 0 Å². The average molecular weight is 151 g/mol. The standard InChI is InChI=1S/C8H13N3/c1-7-2-10-11(5-7)6-8-3-9-4-8/h2,5,8-9H,3-4,6H2,1H3. The number of aromatic nitrogens is 2. The van der Waals surface area contributed by atoms with Crippen LogP contribution in [0, 0.1) is 12.8 Å². The Morgan fingerprint density at radius 1 is 1.73 bits per heavy atom. The van der Waals surface area contributed by atoms with Gasteiger partial charge < -0.3 is 5.32 Å². The molecule has 0 atom stereocenters. The first-order valence-corrected chi connectivity index (χ1v) is 4.04. The summed E-state index contributed by atoms with van der Waals surface area (Å²) in [6.45, 7) is 5.45. The summed E-state index contributed by atoms with van der Waals surface area (Å²) in [5, 5.41) is 7.47. The smallest absolute Gasteiger partial charge is 0.0518 e. The second-order valence-electron chi connectivity index (χ2n) is 3.26. The maximum atomic E-state index is 4.23. The summed E-state index contributed by atoms with van der Waals surface area (Å²) in [5.41, 5.74) is 1.25. The molecule has 60 valence electrons. The molecule has 0 amide bonds. The van der Waals surface area contributed by atoms with Crippen LogP contribution >= 0.6 is 0 Å². The fraction of sp³-hybridized carbons (Fsp3) is 0.625. The van der Waals surface area contributed by atoms with Crippen LogP contribution in [-0.2, 0) is 6.54 Å². The predicted molar refractivity (Wildman–Crippen MR) is 43.3 cm³/mol. The van der Waals surface area contributed by atoms with Gasteiger partial charge in [0.25, 0.3) is 0 Å². The van der Waals surface area contributed by atoms with Crippen LogP contribution in [0.2, 0.25) is 0 Å². The van der Waals surface area contributed by atoms with Crippen LogP contribution in [-0.4, -0.2) is 22.9 Å². The van der Waals surface area contributed by atoms with E-state index in [0.29, 0.717) is 0 Å². The summed E-state index contributed by atoms with van der Waals surface area (Å²) >= 11 is 0. The van der Waals surface area contributed by atoms with E-state index in [0.717, 1.165) is 25.6 Å². The molecule has 0 unspecified atom stereocenters. The van der Waals surface area contributed by atoms with Gasteiger partial charge in [0.15, 0.2) is 0 Å². The molecule has 0 spiro atoms. The van der Waals surface area contributed by atoms with E-state index in [1.807, 2.05) is 10.9 Å². The zero-order valence-corrected chi connectivity index (χ0v) is 6.75. The molecular weight excluding hydrogens is 138 g/mol. The molecule has 1 fully saturated rings. The number of hydrogen-bond acceptors (Lipinski definition) is 2. The molecule has 0 radical (unpaired) electrons. The van der Waals surface area contributed by atoms with Crippen molar-refractivity contribution in [3.05, 3.63) is 18.0 Å². The van der Waals surface area contributed by atoms with E-state index in [-0.39, 0.29) is 0 Å². The normalized spacial score (nSPS) is 18.3. The minimum Gasteiger partial charge on any atom is -0.316 e. The number of nitrogens with zero attached hydrogens (tertiary/aromatic N) is 2. The maximum Gasteiger partial charge on any atom is 0.0518 e. The van der Waals surface area contributed by atoms with Crippen molar-refractivity contribution in [2.45, 2.75) is 13.5 Å². The number of hydrogen-bond donors (Lipinski definition) is 1. The van der Waals surface area contributed by atoms with Gasteiger partial charge in [-0.25, -0.2) is 0 Å². The quantitative estimate of drug-likeness (QED) is 0.663. The summed E-state index contributed by atoms with van der Waals surface area (Å²) in [7, 11) is 0. The second-order valence-corrected chi connectivity index (χ2v) is 3.26. The Morgan fingerprint density at radius 2 is 2.55 bits per heavy atom. The first-order valence-electron chi connectivity index (χ1n) is 4.04. The van der Waals surface area contributed by atoms with E-state index in [9.17, 15) is 0 Å². The van der Waals surface area contributed by atoms with Crippen molar-refractivity contribution in [1.82, 2.24) is 15.1 Å². The Bertz CT molecular complexity index is 237. The SMILES string of the molecule is Cc1cnn(CC2CNC2)c1. The number of nitrogens with one attached hydrogen (secondary N) is 1. The summed E-state index contributed by atoms with van der Waals surface area (Å²) in [6.07, 6.45) is 4.00. The van der Waals surface area contributed by atoms with Gasteiger partial charge in [0, 0.05) is 31.7 Å². The molecule has 0 aliphatic carbocycles. The predicted octanol–water partition coefficient (Wildman–Crippen LogP) is 0.411. The molecule has 1 aromatic heterocycles. The van der Waals surface area contributed by atoms with Gasteiger partial charge in [-0.1, -0.05) is 0 Å². The van der Waals surface area contributed by atoms with Crippen molar-refractivity contribution in [2.24, 2.45) is 5.92 Å². The lowest BCUT2D eigenvalue weighted by atomic mass is 10.0. The van der Waals surface area contributed by atoms with Gasteiger partial charge in [-0.3, -0.25) is 4.68 Å². The lowest BCUT2D eigenvalue weighted by Crippen LogP contribution is -2.44. The summed E-state index contributed by atoms with van der Waals surface area (Å²) in [4.78, 5) is 0. The Morgan fingerprint density at radius 3 is 3.00 bits per heavy atom. The van der Waals surface area contributed by atoms with Crippen molar-refractivity contribution >= 4 is 0 Å². The molecule has 0 saturated carbocycles. The number of rotatable bonds is 2. The molecule has 2 rings (SSSR count). The third-order valence-electron chi connectivity index (χ3n) is 2.07. The van der Waals surface area contributed by atoms with Crippen LogP contribution in [0.1, 0.15) is 5.56 Å². The Balaban J connectivity index is 1.95. The van der Waals surface area contributed by atoms with Crippen LogP contribution in [0.5, 0.6) is 0 Å². The molecule has 0 aromatic carbocycles. The molecule has 2 heterocycles. The summed E-state index contributed by atoms with van der Waals surface area (Å²) in [5.74, 6) is 0.800. The lowest BCUT2D eigenvalue weighted by Gasteiger charge is -2.26. The van der Waals surface area contributed by atoms with Crippen molar-refractivity contribution in [2.75, 3.05) is 13.1 Å².